The van der Waals surface area contributed by atoms with E-state index in [0.29, 0.717) is 19.6 Å². The monoisotopic (exact) mass is 333 g/mol. The van der Waals surface area contributed by atoms with Crippen molar-refractivity contribution in [2.45, 2.75) is 45.8 Å². The number of carbonyl (C=O) groups excluding carboxylic acids is 2. The minimum atomic E-state index is -0.524. The largest absolute Gasteiger partial charge is 0.444 e. The van der Waals surface area contributed by atoms with Crippen LogP contribution in [0.4, 0.5) is 4.79 Å². The number of rotatable bonds is 3. The van der Waals surface area contributed by atoms with Crippen LogP contribution in [0, 0.1) is 5.92 Å². The first-order valence-electron chi connectivity index (χ1n) is 8.39. The van der Waals surface area contributed by atoms with Crippen LogP contribution in [-0.4, -0.2) is 52.5 Å². The van der Waals surface area contributed by atoms with Crippen LogP contribution < -0.4 is 0 Å². The summed E-state index contributed by atoms with van der Waals surface area (Å²) < 4.78 is 5.41. The molecule has 1 aromatic rings. The highest BCUT2D eigenvalue weighted by atomic mass is 16.6. The third-order valence-electron chi connectivity index (χ3n) is 3.92. The molecule has 132 valence electrons. The molecule has 6 nitrogen and oxygen atoms in total. The summed E-state index contributed by atoms with van der Waals surface area (Å²) in [7, 11) is 1.78. The van der Waals surface area contributed by atoms with Crippen LogP contribution in [0.5, 0.6) is 0 Å². The van der Waals surface area contributed by atoms with Gasteiger partial charge in [0.15, 0.2) is 0 Å². The quantitative estimate of drug-likeness (QED) is 0.853. The van der Waals surface area contributed by atoms with E-state index in [1.54, 1.807) is 23.0 Å². The fourth-order valence-electron chi connectivity index (χ4n) is 2.80. The lowest BCUT2D eigenvalue weighted by Gasteiger charge is -2.35. The van der Waals surface area contributed by atoms with Crippen LogP contribution >= 0.6 is 0 Å². The fourth-order valence-corrected chi connectivity index (χ4v) is 2.80. The Labute approximate surface area is 143 Å². The van der Waals surface area contributed by atoms with Crippen molar-refractivity contribution in [3.05, 3.63) is 30.1 Å². The summed E-state index contributed by atoms with van der Waals surface area (Å²) in [4.78, 5) is 32.5. The molecule has 0 spiro atoms. The Hall–Kier alpha value is -2.11. The maximum absolute atomic E-state index is 12.7. The van der Waals surface area contributed by atoms with E-state index in [-0.39, 0.29) is 17.9 Å². The average molecular weight is 333 g/mol. The zero-order valence-corrected chi connectivity index (χ0v) is 15.0. The standard InChI is InChI=1S/C18H27N3O3/c1-18(2,3)24-17(23)21-11-7-8-14(12-21)16(22)20(4)13-15-9-5-6-10-19-15/h5-6,9-10,14H,7-8,11-13H2,1-4H3. The van der Waals surface area contributed by atoms with Gasteiger partial charge in [0.05, 0.1) is 18.2 Å². The molecule has 24 heavy (non-hydrogen) atoms. The topological polar surface area (TPSA) is 62.7 Å². The van der Waals surface area contributed by atoms with Crippen molar-refractivity contribution < 1.29 is 14.3 Å². The Morgan fingerprint density at radius 2 is 2.12 bits per heavy atom. The van der Waals surface area contributed by atoms with E-state index < -0.39 is 5.60 Å². The van der Waals surface area contributed by atoms with E-state index in [9.17, 15) is 9.59 Å². The molecular weight excluding hydrogens is 306 g/mol. The molecule has 1 aliphatic rings. The van der Waals surface area contributed by atoms with E-state index in [1.807, 2.05) is 39.0 Å². The number of ether oxygens (including phenoxy) is 1. The van der Waals surface area contributed by atoms with E-state index in [1.165, 1.54) is 0 Å². The molecular formula is C18H27N3O3. The van der Waals surface area contributed by atoms with E-state index >= 15 is 0 Å². The number of aromatic nitrogens is 1. The summed E-state index contributed by atoms with van der Waals surface area (Å²) in [5, 5.41) is 0. The van der Waals surface area contributed by atoms with Gasteiger partial charge in [-0.3, -0.25) is 9.78 Å². The van der Waals surface area contributed by atoms with Crippen molar-refractivity contribution in [2.24, 2.45) is 5.92 Å². The number of hydrogen-bond donors (Lipinski definition) is 0. The lowest BCUT2D eigenvalue weighted by molar-refractivity contribution is -0.136. The minimum absolute atomic E-state index is 0.0499. The number of nitrogens with zero attached hydrogens (tertiary/aromatic N) is 3. The second-order valence-corrected chi connectivity index (χ2v) is 7.28. The van der Waals surface area contributed by atoms with E-state index in [4.69, 9.17) is 4.74 Å². The maximum Gasteiger partial charge on any atom is 0.410 e. The Bertz CT molecular complexity index is 569. The molecule has 0 N–H and O–H groups in total. The van der Waals surface area contributed by atoms with Gasteiger partial charge in [0.2, 0.25) is 5.91 Å². The van der Waals surface area contributed by atoms with Crippen LogP contribution in [-0.2, 0) is 16.1 Å². The van der Waals surface area contributed by atoms with Crippen LogP contribution in [0.1, 0.15) is 39.3 Å². The van der Waals surface area contributed by atoms with Gasteiger partial charge in [-0.2, -0.15) is 0 Å². The molecule has 6 heteroatoms. The van der Waals surface area contributed by atoms with Crippen LogP contribution in [0.15, 0.2) is 24.4 Å². The van der Waals surface area contributed by atoms with Gasteiger partial charge in [-0.1, -0.05) is 6.07 Å². The second kappa shape index (κ2) is 7.64. The maximum atomic E-state index is 12.7. The van der Waals surface area contributed by atoms with Gasteiger partial charge in [-0.15, -0.1) is 0 Å². The van der Waals surface area contributed by atoms with Crippen molar-refractivity contribution in [1.29, 1.82) is 0 Å². The van der Waals surface area contributed by atoms with Gasteiger partial charge in [-0.05, 0) is 45.7 Å². The smallest absolute Gasteiger partial charge is 0.410 e. The number of amides is 2. The molecule has 0 radical (unpaired) electrons. The lowest BCUT2D eigenvalue weighted by atomic mass is 9.97. The first-order valence-corrected chi connectivity index (χ1v) is 8.39. The summed E-state index contributed by atoms with van der Waals surface area (Å²) >= 11 is 0. The summed E-state index contributed by atoms with van der Waals surface area (Å²) in [5.41, 5.74) is 0.331. The molecule has 1 unspecified atom stereocenters. The minimum Gasteiger partial charge on any atom is -0.444 e. The third-order valence-corrected chi connectivity index (χ3v) is 3.92. The molecule has 0 aromatic carbocycles. The third kappa shape index (κ3) is 5.22. The van der Waals surface area contributed by atoms with Gasteiger partial charge in [-0.25, -0.2) is 4.79 Å². The zero-order chi connectivity index (χ0) is 17.7. The molecule has 2 heterocycles. The Kier molecular flexibility index (Phi) is 5.80. The Morgan fingerprint density at radius 3 is 2.75 bits per heavy atom. The Balaban J connectivity index is 1.93. The first-order chi connectivity index (χ1) is 11.3. The van der Waals surface area contributed by atoms with Crippen LogP contribution in [0.2, 0.25) is 0 Å². The van der Waals surface area contributed by atoms with Gasteiger partial charge in [0, 0.05) is 26.3 Å². The molecule has 0 bridgehead atoms. The molecule has 1 atom stereocenters. The van der Waals surface area contributed by atoms with Crippen molar-refractivity contribution in [1.82, 2.24) is 14.8 Å². The Morgan fingerprint density at radius 1 is 1.38 bits per heavy atom. The SMILES string of the molecule is CN(Cc1ccccn1)C(=O)C1CCCN(C(=O)OC(C)(C)C)C1. The summed E-state index contributed by atoms with van der Waals surface area (Å²) in [5.74, 6) is -0.131. The van der Waals surface area contributed by atoms with Crippen molar-refractivity contribution >= 4 is 12.0 Å². The van der Waals surface area contributed by atoms with Crippen LogP contribution in [0.25, 0.3) is 0 Å². The number of pyridine rings is 1. The predicted molar refractivity (Wildman–Crippen MR) is 91.2 cm³/mol. The first kappa shape index (κ1) is 18.2. The highest BCUT2D eigenvalue weighted by Crippen LogP contribution is 2.21. The number of piperidine rings is 1. The number of likely N-dealkylation sites (tertiary alicyclic amines) is 1. The second-order valence-electron chi connectivity index (χ2n) is 7.28. The van der Waals surface area contributed by atoms with Crippen molar-refractivity contribution in [2.75, 3.05) is 20.1 Å². The van der Waals surface area contributed by atoms with Gasteiger partial charge in [0.1, 0.15) is 5.60 Å². The lowest BCUT2D eigenvalue weighted by Crippen LogP contribution is -2.47. The predicted octanol–water partition coefficient (Wildman–Crippen LogP) is 2.69. The zero-order valence-electron chi connectivity index (χ0n) is 15.0. The molecule has 0 aliphatic carbocycles. The molecule has 2 amide bonds. The number of carbonyl (C=O) groups is 2. The fraction of sp³-hybridized carbons (Fsp3) is 0.611. The number of hydrogen-bond acceptors (Lipinski definition) is 4. The molecule has 0 saturated carbocycles. The highest BCUT2D eigenvalue weighted by Gasteiger charge is 2.32. The van der Waals surface area contributed by atoms with Gasteiger partial charge in [0.25, 0.3) is 0 Å². The average Bonchev–Trinajstić information content (AvgIpc) is 2.53. The van der Waals surface area contributed by atoms with Gasteiger partial charge >= 0.3 is 6.09 Å². The molecule has 1 saturated heterocycles. The molecule has 1 aliphatic heterocycles. The normalized spacial score (nSPS) is 18.2. The molecule has 1 aromatic heterocycles. The molecule has 2 rings (SSSR count). The highest BCUT2D eigenvalue weighted by molar-refractivity contribution is 5.80. The summed E-state index contributed by atoms with van der Waals surface area (Å²) in [6.45, 7) is 7.07. The van der Waals surface area contributed by atoms with Crippen molar-refractivity contribution in [3.8, 4) is 0 Å². The van der Waals surface area contributed by atoms with Gasteiger partial charge < -0.3 is 14.5 Å². The van der Waals surface area contributed by atoms with Crippen LogP contribution in [0.3, 0.4) is 0 Å². The van der Waals surface area contributed by atoms with E-state index in [2.05, 4.69) is 4.98 Å². The summed E-state index contributed by atoms with van der Waals surface area (Å²) in [6, 6.07) is 5.66. The van der Waals surface area contributed by atoms with E-state index in [0.717, 1.165) is 18.5 Å². The molecule has 1 fully saturated rings. The van der Waals surface area contributed by atoms with Crippen molar-refractivity contribution in [3.63, 3.8) is 0 Å². The summed E-state index contributed by atoms with van der Waals surface area (Å²) in [6.07, 6.45) is 2.99.